The third-order valence-electron chi connectivity index (χ3n) is 0.536. The highest BCUT2D eigenvalue weighted by Gasteiger charge is 2.05. The van der Waals surface area contributed by atoms with Crippen LogP contribution in [0.1, 0.15) is 0 Å². The SMILES string of the molecule is O=C(O)C(Cl)Cl.O=S(=O)(O)CCO. The van der Waals surface area contributed by atoms with Gasteiger partial charge >= 0.3 is 5.97 Å². The van der Waals surface area contributed by atoms with E-state index in [0.29, 0.717) is 0 Å². The Hall–Kier alpha value is -0.0800. The first-order chi connectivity index (χ1) is 5.70. The van der Waals surface area contributed by atoms with E-state index in [1.165, 1.54) is 0 Å². The summed E-state index contributed by atoms with van der Waals surface area (Å²) in [7, 11) is -3.92. The average Bonchev–Trinajstić information content (AvgIpc) is 1.85. The summed E-state index contributed by atoms with van der Waals surface area (Å²) in [5, 5.41) is 15.6. The van der Waals surface area contributed by atoms with Crippen molar-refractivity contribution < 1.29 is 28.0 Å². The van der Waals surface area contributed by atoms with Gasteiger partial charge in [-0.15, -0.1) is 0 Å². The summed E-state index contributed by atoms with van der Waals surface area (Å²) in [6, 6.07) is 0. The highest BCUT2D eigenvalue weighted by atomic mass is 35.5. The predicted molar refractivity (Wildman–Crippen MR) is 46.6 cm³/mol. The summed E-state index contributed by atoms with van der Waals surface area (Å²) in [4.78, 5) is 8.15. The number of carboxylic acids is 1. The first-order valence-electron chi connectivity index (χ1n) is 2.77. The summed E-state index contributed by atoms with van der Waals surface area (Å²) in [6.45, 7) is -0.529. The van der Waals surface area contributed by atoms with Crippen LogP contribution in [0.5, 0.6) is 0 Å². The molecule has 0 spiro atoms. The Morgan fingerprint density at radius 1 is 1.38 bits per heavy atom. The van der Waals surface area contributed by atoms with Crippen LogP contribution in [0.15, 0.2) is 0 Å². The van der Waals surface area contributed by atoms with Crippen LogP contribution < -0.4 is 0 Å². The van der Waals surface area contributed by atoms with Crippen molar-refractivity contribution >= 4 is 39.3 Å². The molecule has 0 aromatic heterocycles. The first kappa shape index (κ1) is 15.4. The minimum absolute atomic E-state index is 0.529. The molecule has 0 radical (unpaired) electrons. The van der Waals surface area contributed by atoms with Crippen LogP contribution >= 0.6 is 23.2 Å². The molecular formula is C4H8Cl2O6S. The van der Waals surface area contributed by atoms with Crippen LogP contribution in [0.2, 0.25) is 0 Å². The maximum atomic E-state index is 9.63. The molecule has 0 fully saturated rings. The van der Waals surface area contributed by atoms with E-state index in [4.69, 9.17) is 38.0 Å². The predicted octanol–water partition coefficient (Wildman–Crippen LogP) is -0.259. The normalized spacial score (nSPS) is 10.5. The molecule has 0 aromatic carbocycles. The van der Waals surface area contributed by atoms with Gasteiger partial charge in [0.1, 0.15) is 0 Å². The molecule has 0 atom stereocenters. The van der Waals surface area contributed by atoms with Crippen molar-refractivity contribution in [3.05, 3.63) is 0 Å². The van der Waals surface area contributed by atoms with E-state index in [2.05, 4.69) is 0 Å². The van der Waals surface area contributed by atoms with Gasteiger partial charge in [-0.2, -0.15) is 8.42 Å². The Kier molecular flexibility index (Phi) is 8.69. The fourth-order valence-electron chi connectivity index (χ4n) is 0.115. The standard InChI is InChI=1S/C2H2Cl2O2.C2H6O4S/c3-1(4)2(5)6;3-1-2-7(4,5)6/h1H,(H,5,6);3H,1-2H2,(H,4,5,6). The molecule has 0 amide bonds. The van der Waals surface area contributed by atoms with E-state index in [0.717, 1.165) is 0 Å². The number of aliphatic carboxylic acids is 1. The van der Waals surface area contributed by atoms with Crippen molar-refractivity contribution in [2.45, 2.75) is 4.84 Å². The van der Waals surface area contributed by atoms with Crippen molar-refractivity contribution in [2.75, 3.05) is 12.4 Å². The van der Waals surface area contributed by atoms with E-state index in [1.54, 1.807) is 0 Å². The lowest BCUT2D eigenvalue weighted by Crippen LogP contribution is -2.06. The number of rotatable bonds is 3. The number of halogens is 2. The maximum Gasteiger partial charge on any atom is 0.337 e. The van der Waals surface area contributed by atoms with Crippen molar-refractivity contribution in [1.82, 2.24) is 0 Å². The summed E-state index contributed by atoms with van der Waals surface area (Å²) < 4.78 is 27.1. The lowest BCUT2D eigenvalue weighted by atomic mass is 10.8. The molecule has 0 aromatic rings. The summed E-state index contributed by atoms with van der Waals surface area (Å²) in [5.41, 5.74) is 0. The molecule has 0 heterocycles. The second-order valence-corrected chi connectivity index (χ2v) is 4.32. The molecule has 9 heteroatoms. The number of carbonyl (C=O) groups is 1. The minimum Gasteiger partial charge on any atom is -0.479 e. The van der Waals surface area contributed by atoms with Crippen LogP contribution in [-0.2, 0) is 14.9 Å². The molecule has 0 rings (SSSR count). The Balaban J connectivity index is 0. The topological polar surface area (TPSA) is 112 Å². The van der Waals surface area contributed by atoms with E-state index < -0.39 is 33.3 Å². The quantitative estimate of drug-likeness (QED) is 0.473. The van der Waals surface area contributed by atoms with Gasteiger partial charge in [0, 0.05) is 0 Å². The number of aliphatic hydroxyl groups is 1. The van der Waals surface area contributed by atoms with E-state index in [9.17, 15) is 13.2 Å². The number of aliphatic hydroxyl groups excluding tert-OH is 1. The molecular weight excluding hydrogens is 247 g/mol. The average molecular weight is 255 g/mol. The highest BCUT2D eigenvalue weighted by molar-refractivity contribution is 7.85. The van der Waals surface area contributed by atoms with Gasteiger partial charge in [-0.25, -0.2) is 4.79 Å². The second kappa shape index (κ2) is 7.34. The van der Waals surface area contributed by atoms with Crippen molar-refractivity contribution in [3.63, 3.8) is 0 Å². The van der Waals surface area contributed by atoms with Gasteiger partial charge in [-0.3, -0.25) is 4.55 Å². The Bertz CT molecular complexity index is 235. The van der Waals surface area contributed by atoms with E-state index in [-0.39, 0.29) is 0 Å². The monoisotopic (exact) mass is 254 g/mol. The number of hydrogen-bond donors (Lipinski definition) is 3. The maximum absolute atomic E-state index is 9.63. The number of alkyl halides is 2. The molecule has 0 aliphatic rings. The van der Waals surface area contributed by atoms with Crippen LogP contribution in [0, 0.1) is 0 Å². The zero-order valence-corrected chi connectivity index (χ0v) is 8.55. The van der Waals surface area contributed by atoms with Crippen LogP contribution in [0.4, 0.5) is 0 Å². The largest absolute Gasteiger partial charge is 0.479 e. The molecule has 0 aliphatic heterocycles. The molecule has 0 saturated carbocycles. The Morgan fingerprint density at radius 2 is 1.69 bits per heavy atom. The third-order valence-corrected chi connectivity index (χ3v) is 1.61. The minimum atomic E-state index is -3.92. The molecule has 6 nitrogen and oxygen atoms in total. The lowest BCUT2D eigenvalue weighted by Gasteiger charge is -1.85. The molecule has 0 bridgehead atoms. The summed E-state index contributed by atoms with van der Waals surface area (Å²) >= 11 is 9.56. The van der Waals surface area contributed by atoms with Crippen molar-refractivity contribution in [1.29, 1.82) is 0 Å². The smallest absolute Gasteiger partial charge is 0.337 e. The molecule has 80 valence electrons. The number of hydrogen-bond acceptors (Lipinski definition) is 4. The van der Waals surface area contributed by atoms with Gasteiger partial charge in [0.25, 0.3) is 10.1 Å². The molecule has 0 aliphatic carbocycles. The molecule has 13 heavy (non-hydrogen) atoms. The van der Waals surface area contributed by atoms with Gasteiger partial charge in [0.05, 0.1) is 12.4 Å². The van der Waals surface area contributed by atoms with E-state index >= 15 is 0 Å². The molecule has 0 unspecified atom stereocenters. The van der Waals surface area contributed by atoms with Crippen LogP contribution in [-0.4, -0.2) is 46.3 Å². The van der Waals surface area contributed by atoms with Crippen molar-refractivity contribution in [3.8, 4) is 0 Å². The fraction of sp³-hybridized carbons (Fsp3) is 0.750. The van der Waals surface area contributed by atoms with Gasteiger partial charge in [-0.05, 0) is 0 Å². The Labute approximate surface area is 84.8 Å². The first-order valence-corrected chi connectivity index (χ1v) is 5.26. The second-order valence-electron chi connectivity index (χ2n) is 1.65. The zero-order chi connectivity index (χ0) is 11.1. The van der Waals surface area contributed by atoms with E-state index in [1.807, 2.05) is 0 Å². The number of carboxylic acid groups (broad SMARTS) is 1. The highest BCUT2D eigenvalue weighted by Crippen LogP contribution is 1.98. The zero-order valence-electron chi connectivity index (χ0n) is 6.22. The van der Waals surface area contributed by atoms with Crippen molar-refractivity contribution in [2.24, 2.45) is 0 Å². The van der Waals surface area contributed by atoms with Gasteiger partial charge in [-0.1, -0.05) is 23.2 Å². The van der Waals surface area contributed by atoms with Gasteiger partial charge < -0.3 is 10.2 Å². The third kappa shape index (κ3) is 18.7. The summed E-state index contributed by atoms with van der Waals surface area (Å²) in [6.07, 6.45) is 0. The van der Waals surface area contributed by atoms with Crippen LogP contribution in [0.3, 0.4) is 0 Å². The molecule has 3 N–H and O–H groups in total. The summed E-state index contributed by atoms with van der Waals surface area (Å²) in [5.74, 6) is -1.79. The lowest BCUT2D eigenvalue weighted by molar-refractivity contribution is -0.135. The molecule has 0 saturated heterocycles. The van der Waals surface area contributed by atoms with Gasteiger partial charge in [0.15, 0.2) is 0 Å². The van der Waals surface area contributed by atoms with Gasteiger partial charge in [0.2, 0.25) is 4.84 Å². The Morgan fingerprint density at radius 3 is 1.69 bits per heavy atom. The van der Waals surface area contributed by atoms with Crippen LogP contribution in [0.25, 0.3) is 0 Å². The fourth-order valence-corrected chi connectivity index (χ4v) is 0.346.